The minimum Gasteiger partial charge on any atom is -0.508 e. The average Bonchev–Trinajstić information content (AvgIpc) is 2.32. The lowest BCUT2D eigenvalue weighted by molar-refractivity contribution is 0.474. The van der Waals surface area contributed by atoms with Gasteiger partial charge in [0.05, 0.1) is 0 Å². The maximum Gasteiger partial charge on any atom is 0.166 e. The van der Waals surface area contributed by atoms with Gasteiger partial charge in [-0.1, -0.05) is 13.8 Å². The maximum absolute atomic E-state index is 13.7. The summed E-state index contributed by atoms with van der Waals surface area (Å²) < 4.78 is 27.1. The van der Waals surface area contributed by atoms with Crippen molar-refractivity contribution in [2.75, 3.05) is 0 Å². The molecule has 2 rings (SSSR count). The van der Waals surface area contributed by atoms with Crippen LogP contribution in [0.3, 0.4) is 0 Å². The van der Waals surface area contributed by atoms with E-state index in [1.54, 1.807) is 6.07 Å². The summed E-state index contributed by atoms with van der Waals surface area (Å²) in [5.74, 6) is -1.77. The smallest absolute Gasteiger partial charge is 0.166 e. The van der Waals surface area contributed by atoms with Crippen LogP contribution in [0.4, 0.5) is 8.78 Å². The van der Waals surface area contributed by atoms with E-state index < -0.39 is 11.6 Å². The molecular formula is C14H14F2O. The number of aryl methyl sites for hydroxylation is 2. The van der Waals surface area contributed by atoms with Crippen molar-refractivity contribution in [1.82, 2.24) is 0 Å². The second-order valence-electron chi connectivity index (χ2n) is 4.07. The summed E-state index contributed by atoms with van der Waals surface area (Å²) in [6.07, 6.45) is 1.30. The van der Waals surface area contributed by atoms with E-state index in [-0.39, 0.29) is 11.1 Å². The van der Waals surface area contributed by atoms with Crippen LogP contribution in [-0.2, 0) is 12.8 Å². The SMILES string of the molecule is CCc1cc(O)cc2c(F)c(F)cc(CC)c12. The van der Waals surface area contributed by atoms with E-state index in [0.29, 0.717) is 12.8 Å². The number of aromatic hydroxyl groups is 1. The third-order valence-corrected chi connectivity index (χ3v) is 3.03. The second kappa shape index (κ2) is 4.32. The second-order valence-corrected chi connectivity index (χ2v) is 4.07. The first-order chi connectivity index (χ1) is 8.08. The Morgan fingerprint density at radius 3 is 2.18 bits per heavy atom. The highest BCUT2D eigenvalue weighted by Crippen LogP contribution is 2.31. The Morgan fingerprint density at radius 2 is 1.59 bits per heavy atom. The highest BCUT2D eigenvalue weighted by atomic mass is 19.2. The van der Waals surface area contributed by atoms with E-state index in [0.717, 1.165) is 16.5 Å². The molecule has 0 saturated carbocycles. The van der Waals surface area contributed by atoms with Crippen LogP contribution >= 0.6 is 0 Å². The van der Waals surface area contributed by atoms with Gasteiger partial charge in [0.2, 0.25) is 0 Å². The number of halogens is 2. The van der Waals surface area contributed by atoms with Gasteiger partial charge in [0.1, 0.15) is 5.75 Å². The molecule has 0 saturated heterocycles. The van der Waals surface area contributed by atoms with Crippen LogP contribution in [0.5, 0.6) is 5.75 Å². The molecule has 1 N–H and O–H groups in total. The van der Waals surface area contributed by atoms with Crippen molar-refractivity contribution in [3.63, 3.8) is 0 Å². The van der Waals surface area contributed by atoms with Crippen LogP contribution in [0.2, 0.25) is 0 Å². The van der Waals surface area contributed by atoms with Gasteiger partial charge in [-0.3, -0.25) is 0 Å². The molecule has 0 aliphatic rings. The molecule has 0 unspecified atom stereocenters. The fourth-order valence-electron chi connectivity index (χ4n) is 2.21. The highest BCUT2D eigenvalue weighted by Gasteiger charge is 2.14. The Kier molecular flexibility index (Phi) is 3.01. The van der Waals surface area contributed by atoms with Crippen molar-refractivity contribution < 1.29 is 13.9 Å². The summed E-state index contributed by atoms with van der Waals surface area (Å²) in [7, 11) is 0. The molecule has 0 aliphatic carbocycles. The fourth-order valence-corrected chi connectivity index (χ4v) is 2.21. The van der Waals surface area contributed by atoms with E-state index >= 15 is 0 Å². The normalized spacial score (nSPS) is 11.1. The predicted octanol–water partition coefficient (Wildman–Crippen LogP) is 3.95. The Hall–Kier alpha value is -1.64. The van der Waals surface area contributed by atoms with E-state index in [2.05, 4.69) is 0 Å². The molecule has 2 aromatic carbocycles. The molecule has 90 valence electrons. The van der Waals surface area contributed by atoms with Gasteiger partial charge in [0.15, 0.2) is 11.6 Å². The van der Waals surface area contributed by atoms with Crippen molar-refractivity contribution in [3.05, 3.63) is 41.0 Å². The Morgan fingerprint density at radius 1 is 1.00 bits per heavy atom. The van der Waals surface area contributed by atoms with Crippen LogP contribution in [0, 0.1) is 11.6 Å². The first-order valence-corrected chi connectivity index (χ1v) is 5.70. The van der Waals surface area contributed by atoms with Crippen LogP contribution < -0.4 is 0 Å². The molecule has 1 nitrogen and oxygen atoms in total. The number of hydrogen-bond acceptors (Lipinski definition) is 1. The minimum absolute atomic E-state index is 0.0269. The summed E-state index contributed by atoms with van der Waals surface area (Å²) >= 11 is 0. The predicted molar refractivity (Wildman–Crippen MR) is 64.3 cm³/mol. The average molecular weight is 236 g/mol. The molecule has 0 aliphatic heterocycles. The molecule has 17 heavy (non-hydrogen) atoms. The van der Waals surface area contributed by atoms with Crippen LogP contribution in [-0.4, -0.2) is 5.11 Å². The number of benzene rings is 2. The molecule has 0 spiro atoms. The van der Waals surface area contributed by atoms with Crippen molar-refractivity contribution in [3.8, 4) is 5.75 Å². The van der Waals surface area contributed by atoms with E-state index in [9.17, 15) is 13.9 Å². The van der Waals surface area contributed by atoms with Crippen LogP contribution in [0.1, 0.15) is 25.0 Å². The topological polar surface area (TPSA) is 20.2 Å². The van der Waals surface area contributed by atoms with Gasteiger partial charge in [0.25, 0.3) is 0 Å². The molecule has 0 fully saturated rings. The van der Waals surface area contributed by atoms with Crippen molar-refractivity contribution in [1.29, 1.82) is 0 Å². The molecule has 0 heterocycles. The molecule has 2 aromatic rings. The molecular weight excluding hydrogens is 222 g/mol. The monoisotopic (exact) mass is 236 g/mol. The molecule has 0 amide bonds. The van der Waals surface area contributed by atoms with Gasteiger partial charge >= 0.3 is 0 Å². The summed E-state index contributed by atoms with van der Waals surface area (Å²) in [4.78, 5) is 0. The fraction of sp³-hybridized carbons (Fsp3) is 0.286. The Bertz CT molecular complexity index is 566. The van der Waals surface area contributed by atoms with E-state index in [4.69, 9.17) is 0 Å². The van der Waals surface area contributed by atoms with Gasteiger partial charge in [-0.05, 0) is 47.6 Å². The first-order valence-electron chi connectivity index (χ1n) is 5.70. The lowest BCUT2D eigenvalue weighted by atomic mass is 9.95. The Labute approximate surface area is 98.7 Å². The number of phenolic OH excluding ortho intramolecular Hbond substituents is 1. The number of fused-ring (bicyclic) bond motifs is 1. The van der Waals surface area contributed by atoms with Gasteiger partial charge in [-0.15, -0.1) is 0 Å². The third-order valence-electron chi connectivity index (χ3n) is 3.03. The lowest BCUT2D eigenvalue weighted by Crippen LogP contribution is -1.96. The third kappa shape index (κ3) is 1.86. The molecule has 0 aromatic heterocycles. The zero-order valence-electron chi connectivity index (χ0n) is 9.85. The quantitative estimate of drug-likeness (QED) is 0.837. The highest BCUT2D eigenvalue weighted by molar-refractivity contribution is 5.90. The largest absolute Gasteiger partial charge is 0.508 e. The molecule has 0 atom stereocenters. The van der Waals surface area contributed by atoms with Crippen molar-refractivity contribution in [2.45, 2.75) is 26.7 Å². The van der Waals surface area contributed by atoms with Gasteiger partial charge in [-0.2, -0.15) is 0 Å². The summed E-state index contributed by atoms with van der Waals surface area (Å²) in [5.41, 5.74) is 1.62. The van der Waals surface area contributed by atoms with Crippen molar-refractivity contribution in [2.24, 2.45) is 0 Å². The summed E-state index contributed by atoms with van der Waals surface area (Å²) in [6, 6.07) is 4.14. The lowest BCUT2D eigenvalue weighted by Gasteiger charge is -2.11. The van der Waals surface area contributed by atoms with Crippen LogP contribution in [0.15, 0.2) is 18.2 Å². The van der Waals surface area contributed by atoms with Crippen LogP contribution in [0.25, 0.3) is 10.8 Å². The first kappa shape index (κ1) is 11.8. The van der Waals surface area contributed by atoms with Gasteiger partial charge in [-0.25, -0.2) is 8.78 Å². The van der Waals surface area contributed by atoms with Crippen molar-refractivity contribution >= 4 is 10.8 Å². The zero-order valence-corrected chi connectivity index (χ0v) is 9.85. The molecule has 0 radical (unpaired) electrons. The maximum atomic E-state index is 13.7. The summed E-state index contributed by atoms with van der Waals surface area (Å²) in [5, 5.41) is 10.4. The number of phenols is 1. The summed E-state index contributed by atoms with van der Waals surface area (Å²) in [6.45, 7) is 3.83. The number of hydrogen-bond donors (Lipinski definition) is 1. The minimum atomic E-state index is -0.886. The van der Waals surface area contributed by atoms with E-state index in [1.165, 1.54) is 12.1 Å². The zero-order chi connectivity index (χ0) is 12.6. The van der Waals surface area contributed by atoms with Gasteiger partial charge < -0.3 is 5.11 Å². The standard InChI is InChI=1S/C14H14F2O/c1-3-8-5-10(17)7-11-13(8)9(4-2)6-12(15)14(11)16/h5-7,17H,3-4H2,1-2H3. The Balaban J connectivity index is 2.97. The van der Waals surface area contributed by atoms with E-state index in [1.807, 2.05) is 13.8 Å². The molecule has 3 heteroatoms. The van der Waals surface area contributed by atoms with Gasteiger partial charge in [0, 0.05) is 5.39 Å². The number of rotatable bonds is 2. The molecule has 0 bridgehead atoms.